The van der Waals surface area contributed by atoms with Gasteiger partial charge in [0.15, 0.2) is 0 Å². The molecular formula is C17H17NO2Se. The van der Waals surface area contributed by atoms with E-state index in [-0.39, 0.29) is 25.4 Å². The average molecular weight is 346 g/mol. The van der Waals surface area contributed by atoms with Crippen LogP contribution in [0.4, 0.5) is 5.69 Å². The van der Waals surface area contributed by atoms with Gasteiger partial charge >= 0.3 is 130 Å². The molecule has 1 atom stereocenters. The van der Waals surface area contributed by atoms with Crippen LogP contribution >= 0.6 is 0 Å². The molecule has 0 aromatic heterocycles. The summed E-state index contributed by atoms with van der Waals surface area (Å²) in [5.41, 5.74) is 2.17. The molecule has 3 rings (SSSR count). The van der Waals surface area contributed by atoms with Crippen molar-refractivity contribution in [3.63, 3.8) is 0 Å². The summed E-state index contributed by atoms with van der Waals surface area (Å²) in [4.78, 5) is 12.1. The van der Waals surface area contributed by atoms with E-state index in [0.717, 1.165) is 11.3 Å². The Labute approximate surface area is 130 Å². The molecule has 1 N–H and O–H groups in total. The van der Waals surface area contributed by atoms with Crippen LogP contribution in [0.15, 0.2) is 54.6 Å². The van der Waals surface area contributed by atoms with Gasteiger partial charge in [0, 0.05) is 0 Å². The number of carbonyl (C=O) groups excluding carboxylic acids is 1. The fraction of sp³-hybridized carbons (Fsp3) is 0.235. The molecule has 1 heterocycles. The molecule has 3 nitrogen and oxygen atoms in total. The number of hydrogen-bond donors (Lipinski definition) is 1. The van der Waals surface area contributed by atoms with Gasteiger partial charge in [-0.15, -0.1) is 0 Å². The Balaban J connectivity index is 1.56. The van der Waals surface area contributed by atoms with Crippen molar-refractivity contribution in [1.29, 1.82) is 0 Å². The summed E-state index contributed by atoms with van der Waals surface area (Å²) in [5, 5.41) is 3.47. The fourth-order valence-electron chi connectivity index (χ4n) is 2.36. The number of rotatable bonds is 4. The van der Waals surface area contributed by atoms with Crippen molar-refractivity contribution in [2.24, 2.45) is 0 Å². The van der Waals surface area contributed by atoms with Crippen LogP contribution in [0.25, 0.3) is 0 Å². The molecule has 2 aromatic carbocycles. The SMILES string of the molecule is CC1(CC(=O)OCc2ccccc2)Nc2ccccc2[Se]1. The fourth-order valence-corrected chi connectivity index (χ4v) is 4.90. The second-order valence-corrected chi connectivity index (χ2v) is 8.52. The molecule has 4 heteroatoms. The third-order valence-electron chi connectivity index (χ3n) is 3.35. The molecule has 0 saturated heterocycles. The second-order valence-electron chi connectivity index (χ2n) is 5.28. The van der Waals surface area contributed by atoms with Crippen molar-refractivity contribution >= 4 is 31.1 Å². The number of fused-ring (bicyclic) bond motifs is 1. The molecule has 1 aliphatic rings. The van der Waals surface area contributed by atoms with E-state index in [0.29, 0.717) is 13.0 Å². The summed E-state index contributed by atoms with van der Waals surface area (Å²) < 4.78 is 6.52. The number of hydrogen-bond acceptors (Lipinski definition) is 3. The van der Waals surface area contributed by atoms with E-state index in [1.807, 2.05) is 42.5 Å². The molecule has 0 bridgehead atoms. The monoisotopic (exact) mass is 347 g/mol. The van der Waals surface area contributed by atoms with Crippen LogP contribution in [0.2, 0.25) is 0 Å². The predicted octanol–water partition coefficient (Wildman–Crippen LogP) is 2.29. The standard InChI is InChI=1S/C17H17NO2Se/c1-17(18-14-9-5-6-10-15(14)21-17)11-16(19)20-12-13-7-3-2-4-8-13/h2-10,18H,11-12H2,1H3. The first-order chi connectivity index (χ1) is 10.1. The van der Waals surface area contributed by atoms with E-state index < -0.39 is 0 Å². The number of ether oxygens (including phenoxy) is 1. The predicted molar refractivity (Wildman–Crippen MR) is 84.7 cm³/mol. The zero-order valence-electron chi connectivity index (χ0n) is 11.8. The van der Waals surface area contributed by atoms with Crippen LogP contribution in [-0.2, 0) is 16.1 Å². The van der Waals surface area contributed by atoms with E-state index in [4.69, 9.17) is 4.74 Å². The molecule has 1 aliphatic heterocycles. The minimum atomic E-state index is -0.190. The number of carbonyl (C=O) groups is 1. The second kappa shape index (κ2) is 5.92. The van der Waals surface area contributed by atoms with Crippen LogP contribution < -0.4 is 9.78 Å². The molecule has 0 spiro atoms. The molecule has 108 valence electrons. The van der Waals surface area contributed by atoms with Gasteiger partial charge in [-0.05, 0) is 0 Å². The van der Waals surface area contributed by atoms with Gasteiger partial charge in [0.25, 0.3) is 0 Å². The Kier molecular flexibility index (Phi) is 4.00. The van der Waals surface area contributed by atoms with E-state index >= 15 is 0 Å². The van der Waals surface area contributed by atoms with E-state index in [2.05, 4.69) is 24.4 Å². The summed E-state index contributed by atoms with van der Waals surface area (Å²) in [6.07, 6.45) is 0.397. The van der Waals surface area contributed by atoms with Crippen molar-refractivity contribution in [2.45, 2.75) is 24.4 Å². The summed E-state index contributed by atoms with van der Waals surface area (Å²) >= 11 is 0.232. The summed E-state index contributed by atoms with van der Waals surface area (Å²) in [5.74, 6) is -0.150. The molecule has 0 fully saturated rings. The van der Waals surface area contributed by atoms with Crippen molar-refractivity contribution in [2.75, 3.05) is 5.32 Å². The van der Waals surface area contributed by atoms with Crippen molar-refractivity contribution < 1.29 is 9.53 Å². The first-order valence-corrected chi connectivity index (χ1v) is 8.62. The Morgan fingerprint density at radius 3 is 2.62 bits per heavy atom. The number of anilines is 1. The first-order valence-electron chi connectivity index (χ1n) is 6.90. The van der Waals surface area contributed by atoms with Crippen molar-refractivity contribution in [3.8, 4) is 0 Å². The molecular weight excluding hydrogens is 329 g/mol. The topological polar surface area (TPSA) is 38.3 Å². The minimum absolute atomic E-state index is 0.150. The number of para-hydroxylation sites is 1. The van der Waals surface area contributed by atoms with E-state index in [9.17, 15) is 4.79 Å². The molecule has 0 aliphatic carbocycles. The molecule has 21 heavy (non-hydrogen) atoms. The van der Waals surface area contributed by atoms with Crippen LogP contribution in [0.3, 0.4) is 0 Å². The zero-order chi connectivity index (χ0) is 14.7. The van der Waals surface area contributed by atoms with Gasteiger partial charge in [-0.2, -0.15) is 0 Å². The van der Waals surface area contributed by atoms with Crippen LogP contribution in [-0.4, -0.2) is 25.4 Å². The first kappa shape index (κ1) is 14.2. The summed E-state index contributed by atoms with van der Waals surface area (Å²) in [6, 6.07) is 18.0. The van der Waals surface area contributed by atoms with Gasteiger partial charge < -0.3 is 0 Å². The Morgan fingerprint density at radius 2 is 1.86 bits per heavy atom. The van der Waals surface area contributed by atoms with Crippen molar-refractivity contribution in [3.05, 3.63) is 60.2 Å². The van der Waals surface area contributed by atoms with E-state index in [1.54, 1.807) is 0 Å². The van der Waals surface area contributed by atoms with Gasteiger partial charge in [-0.1, -0.05) is 0 Å². The average Bonchev–Trinajstić information content (AvgIpc) is 2.81. The maximum absolute atomic E-state index is 12.1. The zero-order valence-corrected chi connectivity index (χ0v) is 13.5. The quantitative estimate of drug-likeness (QED) is 0.682. The molecule has 2 aromatic rings. The van der Waals surface area contributed by atoms with Gasteiger partial charge in [0.1, 0.15) is 0 Å². The Hall–Kier alpha value is -1.77. The number of nitrogens with one attached hydrogen (secondary N) is 1. The van der Waals surface area contributed by atoms with Crippen LogP contribution in [0.5, 0.6) is 0 Å². The normalized spacial score (nSPS) is 19.7. The number of benzene rings is 2. The molecule has 0 amide bonds. The summed E-state index contributed by atoms with van der Waals surface area (Å²) in [7, 11) is 0. The molecule has 0 radical (unpaired) electrons. The van der Waals surface area contributed by atoms with Gasteiger partial charge in [-0.3, -0.25) is 0 Å². The van der Waals surface area contributed by atoms with Gasteiger partial charge in [0.05, 0.1) is 0 Å². The van der Waals surface area contributed by atoms with Crippen LogP contribution in [0.1, 0.15) is 18.9 Å². The van der Waals surface area contributed by atoms with Gasteiger partial charge in [0.2, 0.25) is 0 Å². The summed E-state index contributed by atoms with van der Waals surface area (Å²) in [6.45, 7) is 2.44. The van der Waals surface area contributed by atoms with Gasteiger partial charge in [-0.25, -0.2) is 0 Å². The maximum atomic E-state index is 12.1. The number of esters is 1. The molecule has 1 unspecified atom stereocenters. The van der Waals surface area contributed by atoms with Crippen LogP contribution in [0, 0.1) is 0 Å². The third kappa shape index (κ3) is 3.46. The Morgan fingerprint density at radius 1 is 1.14 bits per heavy atom. The van der Waals surface area contributed by atoms with E-state index in [1.165, 1.54) is 4.46 Å². The third-order valence-corrected chi connectivity index (χ3v) is 6.02. The molecule has 0 saturated carbocycles. The Bertz CT molecular complexity index is 617. The van der Waals surface area contributed by atoms with Crippen molar-refractivity contribution in [1.82, 2.24) is 0 Å².